The number of hydrogen-bond donors (Lipinski definition) is 0. The Morgan fingerprint density at radius 3 is 0.929 bits per heavy atom. The minimum atomic E-state index is 0.532. The van der Waals surface area contributed by atoms with Crippen LogP contribution in [0.5, 0.6) is 0 Å². The van der Waals surface area contributed by atoms with Crippen LogP contribution in [0.1, 0.15) is 0 Å². The first-order valence-corrected chi connectivity index (χ1v) is 42.8. The third kappa shape index (κ3) is 10.6. The van der Waals surface area contributed by atoms with Crippen molar-refractivity contribution in [3.8, 4) is 67.5 Å². The maximum absolute atomic E-state index is 6.47. The topological polar surface area (TPSA) is 97.6 Å². The molecule has 20 aromatic carbocycles. The molecule has 0 saturated heterocycles. The molecule has 0 radical (unpaired) electrons. The maximum Gasteiger partial charge on any atom is 0.246 e. The van der Waals surface area contributed by atoms with Gasteiger partial charge in [0.1, 0.15) is 22.2 Å². The smallest absolute Gasteiger partial charge is 0.246 e. The summed E-state index contributed by atoms with van der Waals surface area (Å²) in [6.45, 7) is 0. The van der Waals surface area contributed by atoms with Crippen LogP contribution in [0.2, 0.25) is 0 Å². The molecule has 28 aromatic rings. The van der Waals surface area contributed by atoms with E-state index in [0.717, 1.165) is 117 Å². The van der Waals surface area contributed by atoms with Gasteiger partial charge < -0.3 is 27.1 Å². The van der Waals surface area contributed by atoms with E-state index in [9.17, 15) is 0 Å². The average molecular weight is 1610 g/mol. The zero-order valence-corrected chi connectivity index (χ0v) is 67.7. The molecule has 0 aliphatic heterocycles. The lowest BCUT2D eigenvalue weighted by Gasteiger charge is -2.11. The van der Waals surface area contributed by atoms with E-state index < -0.39 is 0 Å². The molecule has 0 N–H and O–H groups in total. The molecule has 0 atom stereocenters. The number of benzene rings is 20. The van der Waals surface area contributed by atoms with Crippen LogP contribution in [0, 0.1) is 0 Å². The van der Waals surface area contributed by atoms with E-state index in [0.29, 0.717) is 11.4 Å². The highest BCUT2D eigenvalue weighted by atomic mass is 16.3. The second kappa shape index (κ2) is 27.2. The highest BCUT2D eigenvalue weighted by Crippen LogP contribution is 2.46. The predicted octanol–water partition coefficient (Wildman–Crippen LogP) is 30.7. The normalized spacial score (nSPS) is 12.1. The van der Waals surface area contributed by atoms with Gasteiger partial charge >= 0.3 is 0 Å². The van der Waals surface area contributed by atoms with Crippen molar-refractivity contribution in [2.45, 2.75) is 0 Å². The van der Waals surface area contributed by atoms with E-state index >= 15 is 0 Å². The Morgan fingerprint density at radius 2 is 0.484 bits per heavy atom. The Balaban J connectivity index is 0.000000131. The number of rotatable bonds is 8. The van der Waals surface area contributed by atoms with Gasteiger partial charge in [-0.2, -0.15) is 0 Å². The van der Waals surface area contributed by atoms with Gasteiger partial charge in [-0.15, -0.1) is 0 Å². The molecule has 0 aliphatic carbocycles. The molecule has 10 heteroatoms. The summed E-state index contributed by atoms with van der Waals surface area (Å²) in [5, 5.41) is 26.3. The molecule has 0 amide bonds. The van der Waals surface area contributed by atoms with E-state index in [1.54, 1.807) is 0 Å². The summed E-state index contributed by atoms with van der Waals surface area (Å²) in [6.07, 6.45) is 3.77. The SMILES string of the molecule is c1ccc(-n2c3ccccc3c3cc(-c4ccc5c(c4)c4ccccc4n5-c4cccc(-c5cnc6c(n5)oc5ccc7c8ccc9ccccc9c8ccc7c56)c4)ccc32)cc1.c1ccc(-n2c3ccccc3c3cc(-c4ccc5c6ccccc6n(-c6cccc(-c7cnc8c(n7)oc7ccc9c%10ccc%11ccccc%11c%10ccc9c78)c6)c5c4)ccc32)cc1. The molecular formula is C116H68N8O2. The summed E-state index contributed by atoms with van der Waals surface area (Å²) >= 11 is 0. The van der Waals surface area contributed by atoms with Crippen LogP contribution >= 0.6 is 0 Å². The van der Waals surface area contributed by atoms with Gasteiger partial charge in [-0.25, -0.2) is 19.9 Å². The number of para-hydroxylation sites is 6. The number of hydrogen-bond acceptors (Lipinski definition) is 6. The van der Waals surface area contributed by atoms with Crippen LogP contribution in [0.4, 0.5) is 0 Å². The Hall–Kier alpha value is -17.1. The van der Waals surface area contributed by atoms with E-state index in [4.69, 9.17) is 28.8 Å². The van der Waals surface area contributed by atoms with Crippen molar-refractivity contribution in [1.82, 2.24) is 38.2 Å². The number of aromatic nitrogens is 8. The van der Waals surface area contributed by atoms with Gasteiger partial charge in [-0.3, -0.25) is 0 Å². The van der Waals surface area contributed by atoms with Gasteiger partial charge in [0.05, 0.1) is 78.7 Å². The summed E-state index contributed by atoms with van der Waals surface area (Å²) in [7, 11) is 0. The first-order valence-electron chi connectivity index (χ1n) is 42.8. The van der Waals surface area contributed by atoms with Crippen molar-refractivity contribution in [3.63, 3.8) is 0 Å². The summed E-state index contributed by atoms with van der Waals surface area (Å²) in [5.74, 6) is 0. The number of nitrogens with zero attached hydrogens (tertiary/aromatic N) is 8. The molecule has 0 unspecified atom stereocenters. The molecule has 0 fully saturated rings. The summed E-state index contributed by atoms with van der Waals surface area (Å²) in [4.78, 5) is 20.3. The van der Waals surface area contributed by atoms with Crippen molar-refractivity contribution in [1.29, 1.82) is 0 Å². The first-order chi connectivity index (χ1) is 62.5. The van der Waals surface area contributed by atoms with Gasteiger partial charge in [0.2, 0.25) is 11.4 Å². The van der Waals surface area contributed by atoms with Gasteiger partial charge in [0.15, 0.2) is 0 Å². The quantitative estimate of drug-likeness (QED) is 0.141. The Kier molecular flexibility index (Phi) is 15.1. The van der Waals surface area contributed by atoms with E-state index in [2.05, 4.69) is 419 Å². The number of furan rings is 2. The van der Waals surface area contributed by atoms with Gasteiger partial charge in [0.25, 0.3) is 0 Å². The predicted molar refractivity (Wildman–Crippen MR) is 523 cm³/mol. The second-order valence-electron chi connectivity index (χ2n) is 33.1. The zero-order valence-electron chi connectivity index (χ0n) is 67.7. The summed E-state index contributed by atoms with van der Waals surface area (Å²) < 4.78 is 22.4. The molecule has 584 valence electrons. The van der Waals surface area contributed by atoms with Crippen molar-refractivity contribution < 1.29 is 8.83 Å². The van der Waals surface area contributed by atoms with E-state index in [1.165, 1.54) is 136 Å². The third-order valence-corrected chi connectivity index (χ3v) is 26.3. The lowest BCUT2D eigenvalue weighted by molar-refractivity contribution is 0.653. The Labute approximate surface area is 718 Å². The van der Waals surface area contributed by atoms with Crippen LogP contribution < -0.4 is 0 Å². The molecule has 0 spiro atoms. The van der Waals surface area contributed by atoms with Gasteiger partial charge in [-0.1, -0.05) is 273 Å². The van der Waals surface area contributed by atoms with Crippen LogP contribution in [-0.2, 0) is 0 Å². The minimum Gasteiger partial charge on any atom is -0.436 e. The van der Waals surface area contributed by atoms with Gasteiger partial charge in [0, 0.05) is 77.0 Å². The summed E-state index contributed by atoms with van der Waals surface area (Å²) in [5.41, 5.74) is 26.1. The van der Waals surface area contributed by atoms with Crippen molar-refractivity contribution in [2.24, 2.45) is 0 Å². The minimum absolute atomic E-state index is 0.532. The van der Waals surface area contributed by atoms with E-state index in [1.807, 2.05) is 12.4 Å². The lowest BCUT2D eigenvalue weighted by atomic mass is 9.96. The molecule has 28 rings (SSSR count). The number of fused-ring (bicyclic) bond motifs is 30. The molecule has 0 bridgehead atoms. The van der Waals surface area contributed by atoms with Crippen LogP contribution in [0.25, 0.3) is 264 Å². The van der Waals surface area contributed by atoms with Crippen molar-refractivity contribution >= 4 is 196 Å². The molecular weight excluding hydrogens is 1540 g/mol. The zero-order chi connectivity index (χ0) is 82.3. The lowest BCUT2D eigenvalue weighted by Crippen LogP contribution is -1.95. The standard InChI is InChI=1S/2C58H34N4O/c1-2-13-39(14-3-1)61-51-19-8-6-17-45(51)48-32-36(22-28-53(48)61)37-23-29-54-49(33-37)46-18-7-9-20-52(46)62(54)40-15-10-12-38(31-40)50-34-59-57-56-47-26-25-42-41-16-5-4-11-35(41)21-24-43(42)44(47)27-30-55(56)63-58(57)60-50;1-2-13-39(14-3-1)61-52-20-9-7-18-46(52)49-32-36(23-29-53(49)61)37-22-25-47-45-17-6-8-19-51(45)62(54(47)33-37)40-15-10-12-38(31-40)50-34-59-57-56-48-27-26-42-41-16-5-4-11-35(41)21-24-43(42)44(48)28-30-55(56)63-58(57)60-50/h2*1-34H. The molecule has 10 nitrogen and oxygen atoms in total. The Morgan fingerprint density at radius 1 is 0.183 bits per heavy atom. The first kappa shape index (κ1) is 69.7. The second-order valence-corrected chi connectivity index (χ2v) is 33.1. The Bertz CT molecular complexity index is 9510. The molecule has 0 saturated carbocycles. The largest absolute Gasteiger partial charge is 0.436 e. The van der Waals surface area contributed by atoms with Crippen molar-refractivity contribution in [2.75, 3.05) is 0 Å². The highest BCUT2D eigenvalue weighted by molar-refractivity contribution is 6.28. The molecule has 0 aliphatic rings. The maximum atomic E-state index is 6.47. The fourth-order valence-corrected chi connectivity index (χ4v) is 20.6. The monoisotopic (exact) mass is 1600 g/mol. The van der Waals surface area contributed by atoms with Crippen LogP contribution in [-0.4, -0.2) is 38.2 Å². The molecule has 8 heterocycles. The van der Waals surface area contributed by atoms with Crippen LogP contribution in [0.15, 0.2) is 422 Å². The van der Waals surface area contributed by atoms with Crippen molar-refractivity contribution in [3.05, 3.63) is 413 Å². The third-order valence-electron chi connectivity index (χ3n) is 26.3. The highest BCUT2D eigenvalue weighted by Gasteiger charge is 2.24. The molecule has 8 aromatic heterocycles. The summed E-state index contributed by atoms with van der Waals surface area (Å²) in [6, 6.07) is 144. The molecule has 126 heavy (non-hydrogen) atoms. The van der Waals surface area contributed by atoms with E-state index in [-0.39, 0.29) is 0 Å². The fraction of sp³-hybridized carbons (Fsp3) is 0. The van der Waals surface area contributed by atoms with Crippen LogP contribution in [0.3, 0.4) is 0 Å². The fourth-order valence-electron chi connectivity index (χ4n) is 20.6. The average Bonchev–Trinajstić information content (AvgIpc) is 1.44. The van der Waals surface area contributed by atoms with Gasteiger partial charge in [-0.05, 0) is 214 Å².